The van der Waals surface area contributed by atoms with Crippen LogP contribution >= 0.6 is 11.3 Å². The molecule has 3 aromatic carbocycles. The number of amides is 1. The molecule has 2 aromatic heterocycles. The molecule has 0 saturated carbocycles. The van der Waals surface area contributed by atoms with Crippen LogP contribution in [0.4, 0.5) is 21.6 Å². The number of nitrogens with zero attached hydrogens (tertiary/aromatic N) is 4. The molecule has 5 aromatic rings. The summed E-state index contributed by atoms with van der Waals surface area (Å²) in [6.07, 6.45) is 1.55. The Morgan fingerprint density at radius 1 is 0.872 bits per heavy atom. The van der Waals surface area contributed by atoms with Gasteiger partial charge >= 0.3 is 0 Å². The number of aryl methyl sites for hydroxylation is 1. The third-order valence-electron chi connectivity index (χ3n) is 6.78. The van der Waals surface area contributed by atoms with Crippen LogP contribution < -0.4 is 19.9 Å². The maximum Gasteiger partial charge on any atom is 0.266 e. The van der Waals surface area contributed by atoms with Crippen molar-refractivity contribution in [1.82, 2.24) is 9.97 Å². The molecule has 39 heavy (non-hydrogen) atoms. The molecule has 7 nitrogen and oxygen atoms in total. The highest BCUT2D eigenvalue weighted by molar-refractivity contribution is 7.20. The first-order valence-electron chi connectivity index (χ1n) is 12.7. The predicted molar refractivity (Wildman–Crippen MR) is 154 cm³/mol. The van der Waals surface area contributed by atoms with Crippen LogP contribution in [0.1, 0.15) is 15.2 Å². The van der Waals surface area contributed by atoms with Crippen molar-refractivity contribution in [3.8, 4) is 11.5 Å². The zero-order valence-corrected chi connectivity index (χ0v) is 22.1. The van der Waals surface area contributed by atoms with Gasteiger partial charge in [0.25, 0.3) is 5.91 Å². The molecule has 6 rings (SSSR count). The molecule has 1 N–H and O–H groups in total. The normalized spacial score (nSPS) is 13.5. The number of ether oxygens (including phenoxy) is 1. The summed E-state index contributed by atoms with van der Waals surface area (Å²) in [4.78, 5) is 27.9. The molecular weight excluding hydrogens is 513 g/mol. The fourth-order valence-electron chi connectivity index (χ4n) is 4.80. The van der Waals surface area contributed by atoms with Gasteiger partial charge in [0.05, 0.1) is 16.0 Å². The summed E-state index contributed by atoms with van der Waals surface area (Å²) in [5.74, 6) is 1.84. The van der Waals surface area contributed by atoms with E-state index >= 15 is 0 Å². The van der Waals surface area contributed by atoms with Gasteiger partial charge < -0.3 is 19.9 Å². The topological polar surface area (TPSA) is 70.6 Å². The average molecular weight is 540 g/mol. The van der Waals surface area contributed by atoms with Gasteiger partial charge in [0.2, 0.25) is 0 Å². The molecule has 0 spiro atoms. The molecule has 0 aliphatic carbocycles. The van der Waals surface area contributed by atoms with E-state index in [1.807, 2.05) is 73.7 Å². The van der Waals surface area contributed by atoms with Gasteiger partial charge in [0, 0.05) is 31.9 Å². The standard InChI is InChI=1S/C30H26FN5O2S/c1-20-26-28(36-17-15-35(16-18-36)25-10-6-5-9-24(25)31)32-19-33-30(26)39-27(20)29(37)34-21-11-13-23(14-12-21)38-22-7-3-2-4-8-22/h2-14,19H,15-18H2,1H3,(H,34,37). The van der Waals surface area contributed by atoms with E-state index in [-0.39, 0.29) is 11.7 Å². The minimum absolute atomic E-state index is 0.192. The maximum absolute atomic E-state index is 14.3. The SMILES string of the molecule is Cc1c(C(=O)Nc2ccc(Oc3ccccc3)cc2)sc2ncnc(N3CCN(c4ccccc4F)CC3)c12. The summed E-state index contributed by atoms with van der Waals surface area (Å²) < 4.78 is 20.1. The van der Waals surface area contributed by atoms with Crippen molar-refractivity contribution in [2.45, 2.75) is 6.92 Å². The summed E-state index contributed by atoms with van der Waals surface area (Å²) in [6, 6.07) is 23.7. The molecule has 0 unspecified atom stereocenters. The Balaban J connectivity index is 1.17. The Hall–Kier alpha value is -4.50. The van der Waals surface area contributed by atoms with Crippen LogP contribution in [0.15, 0.2) is 85.2 Å². The smallest absolute Gasteiger partial charge is 0.266 e. The van der Waals surface area contributed by atoms with Crippen LogP contribution in [0, 0.1) is 12.7 Å². The van der Waals surface area contributed by atoms with Crippen molar-refractivity contribution >= 4 is 44.7 Å². The number of carbonyl (C=O) groups excluding carboxylic acids is 1. The summed E-state index contributed by atoms with van der Waals surface area (Å²) in [5, 5.41) is 3.88. The van der Waals surface area contributed by atoms with Crippen LogP contribution in [0.2, 0.25) is 0 Å². The lowest BCUT2D eigenvalue weighted by Crippen LogP contribution is -2.47. The van der Waals surface area contributed by atoms with Crippen molar-refractivity contribution in [2.75, 3.05) is 41.3 Å². The lowest BCUT2D eigenvalue weighted by atomic mass is 10.1. The van der Waals surface area contributed by atoms with E-state index in [2.05, 4.69) is 25.1 Å². The Morgan fingerprint density at radius 2 is 1.54 bits per heavy atom. The van der Waals surface area contributed by atoms with Gasteiger partial charge in [-0.1, -0.05) is 30.3 Å². The Bertz CT molecular complexity index is 1620. The second-order valence-electron chi connectivity index (χ2n) is 9.25. The van der Waals surface area contributed by atoms with Gasteiger partial charge in [-0.15, -0.1) is 11.3 Å². The fraction of sp³-hybridized carbons (Fsp3) is 0.167. The molecule has 0 radical (unpaired) electrons. The highest BCUT2D eigenvalue weighted by atomic mass is 32.1. The number of hydrogen-bond donors (Lipinski definition) is 1. The highest BCUT2D eigenvalue weighted by Crippen LogP contribution is 2.36. The number of carbonyl (C=O) groups is 1. The number of benzene rings is 3. The predicted octanol–water partition coefficient (Wildman–Crippen LogP) is 6.51. The molecule has 3 heterocycles. The first-order valence-corrected chi connectivity index (χ1v) is 13.5. The van der Waals surface area contributed by atoms with Gasteiger partial charge in [-0.2, -0.15) is 0 Å². The number of aromatic nitrogens is 2. The zero-order valence-electron chi connectivity index (χ0n) is 21.3. The molecule has 9 heteroatoms. The third-order valence-corrected chi connectivity index (χ3v) is 7.98. The summed E-state index contributed by atoms with van der Waals surface area (Å²) in [5.41, 5.74) is 2.15. The van der Waals surface area contributed by atoms with Crippen molar-refractivity contribution in [2.24, 2.45) is 0 Å². The van der Waals surface area contributed by atoms with Crippen molar-refractivity contribution in [3.05, 3.63) is 101 Å². The van der Waals surface area contributed by atoms with Crippen molar-refractivity contribution < 1.29 is 13.9 Å². The van der Waals surface area contributed by atoms with Crippen LogP contribution in [0.3, 0.4) is 0 Å². The van der Waals surface area contributed by atoms with Crippen LogP contribution in [-0.2, 0) is 0 Å². The van der Waals surface area contributed by atoms with E-state index in [0.717, 1.165) is 27.3 Å². The second kappa shape index (κ2) is 10.7. The number of halogens is 1. The van der Waals surface area contributed by atoms with Gasteiger partial charge in [0.1, 0.15) is 34.3 Å². The second-order valence-corrected chi connectivity index (χ2v) is 10.3. The largest absolute Gasteiger partial charge is 0.457 e. The van der Waals surface area contributed by atoms with Gasteiger partial charge in [-0.3, -0.25) is 4.79 Å². The maximum atomic E-state index is 14.3. The van der Waals surface area contributed by atoms with Crippen LogP contribution in [0.5, 0.6) is 11.5 Å². The monoisotopic (exact) mass is 539 g/mol. The molecule has 1 aliphatic heterocycles. The highest BCUT2D eigenvalue weighted by Gasteiger charge is 2.25. The molecule has 196 valence electrons. The van der Waals surface area contributed by atoms with Crippen LogP contribution in [-0.4, -0.2) is 42.1 Å². The number of anilines is 3. The van der Waals surface area contributed by atoms with Gasteiger partial charge in [-0.05, 0) is 61.0 Å². The summed E-state index contributed by atoms with van der Waals surface area (Å²) in [7, 11) is 0. The Labute approximate surface area is 229 Å². The number of piperazine rings is 1. The van der Waals surface area contributed by atoms with Crippen LogP contribution in [0.25, 0.3) is 10.2 Å². The van der Waals surface area contributed by atoms with E-state index in [1.165, 1.54) is 17.4 Å². The van der Waals surface area contributed by atoms with Crippen molar-refractivity contribution in [1.29, 1.82) is 0 Å². The van der Waals surface area contributed by atoms with E-state index < -0.39 is 0 Å². The molecular formula is C30H26FN5O2S. The molecule has 0 bridgehead atoms. The zero-order chi connectivity index (χ0) is 26.8. The fourth-order valence-corrected chi connectivity index (χ4v) is 5.83. The number of fused-ring (bicyclic) bond motifs is 1. The summed E-state index contributed by atoms with van der Waals surface area (Å²) in [6.45, 7) is 4.66. The van der Waals surface area contributed by atoms with Gasteiger partial charge in [0.15, 0.2) is 0 Å². The lowest BCUT2D eigenvalue weighted by molar-refractivity contribution is 0.103. The molecule has 1 fully saturated rings. The van der Waals surface area contributed by atoms with E-state index in [0.29, 0.717) is 48.2 Å². The van der Waals surface area contributed by atoms with E-state index in [4.69, 9.17) is 4.74 Å². The molecule has 0 atom stereocenters. The van der Waals surface area contributed by atoms with E-state index in [1.54, 1.807) is 12.4 Å². The average Bonchev–Trinajstić information content (AvgIpc) is 3.32. The number of rotatable bonds is 6. The minimum atomic E-state index is -0.210. The summed E-state index contributed by atoms with van der Waals surface area (Å²) >= 11 is 1.36. The molecule has 1 saturated heterocycles. The third kappa shape index (κ3) is 5.13. The quantitative estimate of drug-likeness (QED) is 0.265. The molecule has 1 aliphatic rings. The minimum Gasteiger partial charge on any atom is -0.457 e. The Morgan fingerprint density at radius 3 is 2.28 bits per heavy atom. The Kier molecular flexibility index (Phi) is 6.81. The van der Waals surface area contributed by atoms with E-state index in [9.17, 15) is 9.18 Å². The van der Waals surface area contributed by atoms with Gasteiger partial charge in [-0.25, -0.2) is 14.4 Å². The van der Waals surface area contributed by atoms with Crippen molar-refractivity contribution in [3.63, 3.8) is 0 Å². The number of nitrogens with one attached hydrogen (secondary N) is 1. The number of thiophene rings is 1. The first kappa shape index (κ1) is 24.8. The number of hydrogen-bond acceptors (Lipinski definition) is 7. The lowest BCUT2D eigenvalue weighted by Gasteiger charge is -2.37. The first-order chi connectivity index (χ1) is 19.1. The number of para-hydroxylation sites is 2. The molecule has 1 amide bonds.